The average molecular weight is 228 g/mol. The molecule has 0 bridgehead atoms. The predicted molar refractivity (Wildman–Crippen MR) is 73.2 cm³/mol. The number of benzene rings is 1. The Morgan fingerprint density at radius 1 is 1.18 bits per heavy atom. The Hall–Kier alpha value is -1.41. The fourth-order valence-corrected chi connectivity index (χ4v) is 2.09. The van der Waals surface area contributed by atoms with E-state index < -0.39 is 0 Å². The number of nitrogens with one attached hydrogen (secondary N) is 1. The molecule has 1 N–H and O–H groups in total. The van der Waals surface area contributed by atoms with Gasteiger partial charge in [-0.05, 0) is 44.5 Å². The van der Waals surface area contributed by atoms with Crippen LogP contribution < -0.4 is 5.32 Å². The third-order valence-corrected chi connectivity index (χ3v) is 3.10. The van der Waals surface area contributed by atoms with E-state index in [9.17, 15) is 0 Å². The molecule has 1 unspecified atom stereocenters. The molecule has 2 heteroatoms. The van der Waals surface area contributed by atoms with Gasteiger partial charge in [0.2, 0.25) is 0 Å². The average Bonchev–Trinajstić information content (AvgIpc) is 2.36. The molecule has 0 aliphatic heterocycles. The van der Waals surface area contributed by atoms with E-state index >= 15 is 0 Å². The Balaban J connectivity index is 2.04. The molecule has 0 spiro atoms. The number of aromatic nitrogens is 1. The topological polar surface area (TPSA) is 24.9 Å². The van der Waals surface area contributed by atoms with Crippen LogP contribution in [-0.4, -0.2) is 18.6 Å². The quantitative estimate of drug-likeness (QED) is 0.851. The molecule has 17 heavy (non-hydrogen) atoms. The van der Waals surface area contributed by atoms with E-state index in [1.807, 2.05) is 13.1 Å². The second kappa shape index (κ2) is 5.78. The lowest BCUT2D eigenvalue weighted by molar-refractivity contribution is 0.502. The highest BCUT2D eigenvalue weighted by Crippen LogP contribution is 2.14. The van der Waals surface area contributed by atoms with Gasteiger partial charge in [-0.15, -0.1) is 0 Å². The van der Waals surface area contributed by atoms with Gasteiger partial charge in [-0.2, -0.15) is 0 Å². The zero-order chi connectivity index (χ0) is 12.1. The number of hydrogen-bond acceptors (Lipinski definition) is 2. The molecule has 1 aromatic heterocycles. The van der Waals surface area contributed by atoms with Gasteiger partial charge in [-0.3, -0.25) is 4.98 Å². The predicted octanol–water partition coefficient (Wildman–Crippen LogP) is 3.02. The summed E-state index contributed by atoms with van der Waals surface area (Å²) in [7, 11) is 2.00. The van der Waals surface area contributed by atoms with Crippen molar-refractivity contribution in [3.63, 3.8) is 0 Å². The third kappa shape index (κ3) is 3.27. The molecule has 0 amide bonds. The van der Waals surface area contributed by atoms with Crippen LogP contribution in [0.25, 0.3) is 10.9 Å². The molecule has 1 atom stereocenters. The van der Waals surface area contributed by atoms with Crippen LogP contribution in [0.3, 0.4) is 0 Å². The van der Waals surface area contributed by atoms with Gasteiger partial charge in [-0.25, -0.2) is 0 Å². The normalized spacial score (nSPS) is 12.8. The summed E-state index contributed by atoms with van der Waals surface area (Å²) in [4.78, 5) is 4.69. The van der Waals surface area contributed by atoms with E-state index in [1.165, 1.54) is 17.5 Å². The van der Waals surface area contributed by atoms with E-state index in [-0.39, 0.29) is 0 Å². The van der Waals surface area contributed by atoms with Crippen LogP contribution in [-0.2, 0) is 6.42 Å². The number of para-hydroxylation sites is 1. The second-order valence-corrected chi connectivity index (χ2v) is 4.70. The molecular formula is C15H20N2. The smallest absolute Gasteiger partial charge is 0.0705 e. The second-order valence-electron chi connectivity index (χ2n) is 4.70. The number of aryl methyl sites for hydroxylation is 1. The monoisotopic (exact) mass is 228 g/mol. The molecule has 2 rings (SSSR count). The fraction of sp³-hybridized carbons (Fsp3) is 0.400. The van der Waals surface area contributed by atoms with Gasteiger partial charge in [0, 0.05) is 11.1 Å². The van der Waals surface area contributed by atoms with Crippen LogP contribution in [0, 0.1) is 5.92 Å². The van der Waals surface area contributed by atoms with Gasteiger partial charge in [0.15, 0.2) is 0 Å². The van der Waals surface area contributed by atoms with Gasteiger partial charge < -0.3 is 5.32 Å². The van der Waals surface area contributed by atoms with Gasteiger partial charge in [0.1, 0.15) is 0 Å². The lowest BCUT2D eigenvalue weighted by Gasteiger charge is -2.10. The van der Waals surface area contributed by atoms with E-state index in [1.54, 1.807) is 0 Å². The van der Waals surface area contributed by atoms with Crippen molar-refractivity contribution in [3.8, 4) is 0 Å². The molecule has 0 radical (unpaired) electrons. The first-order chi connectivity index (χ1) is 8.29. The number of hydrogen-bond donors (Lipinski definition) is 1. The van der Waals surface area contributed by atoms with E-state index in [0.29, 0.717) is 5.92 Å². The van der Waals surface area contributed by atoms with Crippen LogP contribution >= 0.6 is 0 Å². The lowest BCUT2D eigenvalue weighted by Crippen LogP contribution is -2.16. The Bertz CT molecular complexity index is 479. The summed E-state index contributed by atoms with van der Waals surface area (Å²) >= 11 is 0. The Morgan fingerprint density at radius 2 is 2.00 bits per heavy atom. The fourth-order valence-electron chi connectivity index (χ4n) is 2.09. The summed E-state index contributed by atoms with van der Waals surface area (Å²) in [5, 5.41) is 4.43. The summed E-state index contributed by atoms with van der Waals surface area (Å²) in [5.74, 6) is 0.702. The zero-order valence-electron chi connectivity index (χ0n) is 10.6. The molecule has 0 aliphatic carbocycles. The van der Waals surface area contributed by atoms with Crippen molar-refractivity contribution in [2.75, 3.05) is 13.6 Å². The van der Waals surface area contributed by atoms with Gasteiger partial charge in [-0.1, -0.05) is 31.2 Å². The summed E-state index contributed by atoms with van der Waals surface area (Å²) < 4.78 is 0. The SMILES string of the molecule is CNCC(C)CCc1ccc2ccccc2n1. The van der Waals surface area contributed by atoms with Crippen molar-refractivity contribution in [3.05, 3.63) is 42.1 Å². The highest BCUT2D eigenvalue weighted by molar-refractivity contribution is 5.78. The zero-order valence-corrected chi connectivity index (χ0v) is 10.6. The first kappa shape index (κ1) is 12.1. The van der Waals surface area contributed by atoms with Crippen molar-refractivity contribution >= 4 is 10.9 Å². The first-order valence-electron chi connectivity index (χ1n) is 6.29. The highest BCUT2D eigenvalue weighted by atomic mass is 14.8. The third-order valence-electron chi connectivity index (χ3n) is 3.10. The Kier molecular flexibility index (Phi) is 4.10. The molecule has 0 aliphatic rings. The first-order valence-corrected chi connectivity index (χ1v) is 6.29. The van der Waals surface area contributed by atoms with Crippen molar-refractivity contribution in [1.29, 1.82) is 0 Å². The van der Waals surface area contributed by atoms with E-state index in [0.717, 1.165) is 18.5 Å². The van der Waals surface area contributed by atoms with Gasteiger partial charge >= 0.3 is 0 Å². The number of pyridine rings is 1. The molecule has 2 nitrogen and oxygen atoms in total. The highest BCUT2D eigenvalue weighted by Gasteiger charge is 2.03. The molecule has 1 aromatic carbocycles. The van der Waals surface area contributed by atoms with Crippen LogP contribution in [0.4, 0.5) is 0 Å². The van der Waals surface area contributed by atoms with E-state index in [2.05, 4.69) is 47.6 Å². The van der Waals surface area contributed by atoms with Crippen molar-refractivity contribution in [1.82, 2.24) is 10.3 Å². The number of nitrogens with zero attached hydrogens (tertiary/aromatic N) is 1. The molecule has 0 saturated heterocycles. The number of rotatable bonds is 5. The van der Waals surface area contributed by atoms with Crippen molar-refractivity contribution < 1.29 is 0 Å². The molecule has 1 heterocycles. The lowest BCUT2D eigenvalue weighted by atomic mass is 10.0. The molecule has 2 aromatic rings. The summed E-state index contributed by atoms with van der Waals surface area (Å²) in [6.45, 7) is 3.35. The minimum Gasteiger partial charge on any atom is -0.319 e. The summed E-state index contributed by atoms with van der Waals surface area (Å²) in [6.07, 6.45) is 2.25. The molecule has 0 fully saturated rings. The van der Waals surface area contributed by atoms with Crippen molar-refractivity contribution in [2.45, 2.75) is 19.8 Å². The van der Waals surface area contributed by atoms with Crippen LogP contribution in [0.15, 0.2) is 36.4 Å². The Labute approximate surface area is 103 Å². The summed E-state index contributed by atoms with van der Waals surface area (Å²) in [6, 6.07) is 12.6. The minimum absolute atomic E-state index is 0.702. The molecule has 0 saturated carbocycles. The van der Waals surface area contributed by atoms with Crippen LogP contribution in [0.1, 0.15) is 19.0 Å². The standard InChI is InChI=1S/C15H20N2/c1-12(11-16-2)7-9-14-10-8-13-5-3-4-6-15(13)17-14/h3-6,8,10,12,16H,7,9,11H2,1-2H3. The maximum Gasteiger partial charge on any atom is 0.0705 e. The van der Waals surface area contributed by atoms with Gasteiger partial charge in [0.25, 0.3) is 0 Å². The molecule has 90 valence electrons. The van der Waals surface area contributed by atoms with E-state index in [4.69, 9.17) is 0 Å². The van der Waals surface area contributed by atoms with Crippen LogP contribution in [0.5, 0.6) is 0 Å². The maximum atomic E-state index is 4.69. The minimum atomic E-state index is 0.702. The largest absolute Gasteiger partial charge is 0.319 e. The molecular weight excluding hydrogens is 208 g/mol. The van der Waals surface area contributed by atoms with Crippen molar-refractivity contribution in [2.24, 2.45) is 5.92 Å². The number of fused-ring (bicyclic) bond motifs is 1. The van der Waals surface area contributed by atoms with Crippen LogP contribution in [0.2, 0.25) is 0 Å². The summed E-state index contributed by atoms with van der Waals surface area (Å²) in [5.41, 5.74) is 2.30. The Morgan fingerprint density at radius 3 is 2.82 bits per heavy atom. The van der Waals surface area contributed by atoms with Gasteiger partial charge in [0.05, 0.1) is 5.52 Å². The maximum absolute atomic E-state index is 4.69.